The Hall–Kier alpha value is -3.93. The lowest BCUT2D eigenvalue weighted by Gasteiger charge is -2.13. The highest BCUT2D eigenvalue weighted by molar-refractivity contribution is 5.78. The van der Waals surface area contributed by atoms with E-state index in [-0.39, 0.29) is 17.2 Å². The van der Waals surface area contributed by atoms with Crippen molar-refractivity contribution in [1.29, 1.82) is 0 Å². The molecule has 0 heterocycles. The van der Waals surface area contributed by atoms with E-state index in [2.05, 4.69) is 61.6 Å². The van der Waals surface area contributed by atoms with Gasteiger partial charge in [0.1, 0.15) is 17.2 Å². The van der Waals surface area contributed by atoms with Crippen LogP contribution >= 0.6 is 0 Å². The maximum Gasteiger partial charge on any atom is 0.308 e. The van der Waals surface area contributed by atoms with Crippen LogP contribution in [0.25, 0.3) is 6.08 Å². The molecule has 0 saturated carbocycles. The highest BCUT2D eigenvalue weighted by Gasteiger charge is 2.16. The number of ether oxygens (including phenoxy) is 3. The van der Waals surface area contributed by atoms with Crippen molar-refractivity contribution in [3.63, 3.8) is 0 Å². The summed E-state index contributed by atoms with van der Waals surface area (Å²) in [6.07, 6.45) is 30.3. The maximum absolute atomic E-state index is 11.6. The van der Waals surface area contributed by atoms with Gasteiger partial charge in [0.25, 0.3) is 0 Å². The molecule has 0 saturated heterocycles. The molecule has 0 atom stereocenters. The fourth-order valence-corrected chi connectivity index (χ4v) is 3.06. The smallest absolute Gasteiger partial charge is 0.308 e. The molecular formula is C31H38O6. The summed E-state index contributed by atoms with van der Waals surface area (Å²) in [5.74, 6) is -1.30. The van der Waals surface area contributed by atoms with Crippen LogP contribution in [0.3, 0.4) is 0 Å². The molecule has 0 radical (unpaired) electrons. The minimum Gasteiger partial charge on any atom is -0.426 e. The molecule has 0 aromatic heterocycles. The standard InChI is InChI=1S/C31H38O6/c1-5-6-7-8-9-10-11-12-13-14-15-16-17-18-19-20-21-22-29-30(36-26(3)33)23-28(35-25(2)32)24-31(29)37-27(4)34/h6-7,9-10,12-13,15-16,18-19,21-24H,5,8,11,14,17,20H2,1-4H3/b7-6-,10-9-,13-12-,16-15-,19-18-,22-21-. The van der Waals surface area contributed by atoms with Crippen molar-refractivity contribution in [2.75, 3.05) is 0 Å². The molecule has 0 N–H and O–H groups in total. The van der Waals surface area contributed by atoms with Crippen molar-refractivity contribution in [1.82, 2.24) is 0 Å². The van der Waals surface area contributed by atoms with Crippen molar-refractivity contribution < 1.29 is 28.6 Å². The fraction of sp³-hybridized carbons (Fsp3) is 0.323. The van der Waals surface area contributed by atoms with Crippen molar-refractivity contribution in [3.05, 3.63) is 84.5 Å². The van der Waals surface area contributed by atoms with Gasteiger partial charge >= 0.3 is 17.9 Å². The second-order valence-electron chi connectivity index (χ2n) is 7.96. The second-order valence-corrected chi connectivity index (χ2v) is 7.96. The summed E-state index contributed by atoms with van der Waals surface area (Å²) in [7, 11) is 0. The molecule has 6 nitrogen and oxygen atoms in total. The predicted octanol–water partition coefficient (Wildman–Crippen LogP) is 7.62. The van der Waals surface area contributed by atoms with Gasteiger partial charge in [0.2, 0.25) is 0 Å². The molecular weight excluding hydrogens is 468 g/mol. The number of carbonyl (C=O) groups excluding carboxylic acids is 3. The Kier molecular flexibility index (Phi) is 16.2. The van der Waals surface area contributed by atoms with Gasteiger partial charge in [-0.25, -0.2) is 0 Å². The zero-order valence-electron chi connectivity index (χ0n) is 22.3. The van der Waals surface area contributed by atoms with Crippen molar-refractivity contribution in [2.45, 2.75) is 66.2 Å². The molecule has 0 unspecified atom stereocenters. The van der Waals surface area contributed by atoms with E-state index < -0.39 is 17.9 Å². The van der Waals surface area contributed by atoms with Gasteiger partial charge in [0.15, 0.2) is 0 Å². The highest BCUT2D eigenvalue weighted by atomic mass is 16.6. The number of carbonyl (C=O) groups is 3. The topological polar surface area (TPSA) is 78.9 Å². The van der Waals surface area contributed by atoms with Crippen LogP contribution in [-0.2, 0) is 14.4 Å². The maximum atomic E-state index is 11.6. The summed E-state index contributed by atoms with van der Waals surface area (Å²) in [4.78, 5) is 34.5. The van der Waals surface area contributed by atoms with Crippen LogP contribution < -0.4 is 14.2 Å². The lowest BCUT2D eigenvalue weighted by atomic mass is 10.1. The SMILES string of the molecule is CC/C=C\C/C=C\C/C=C\C/C=C\C/C=C\C/C=C\c1c(OC(C)=O)cc(OC(C)=O)cc1OC(C)=O. The van der Waals surface area contributed by atoms with E-state index in [1.54, 1.807) is 6.08 Å². The molecule has 1 aromatic rings. The lowest BCUT2D eigenvalue weighted by Crippen LogP contribution is -2.08. The number of hydrogen-bond donors (Lipinski definition) is 0. The molecule has 6 heteroatoms. The zero-order chi connectivity index (χ0) is 27.3. The number of rotatable bonds is 15. The van der Waals surface area contributed by atoms with E-state index in [1.807, 2.05) is 12.2 Å². The molecule has 0 spiro atoms. The van der Waals surface area contributed by atoms with Crippen LogP contribution in [0.4, 0.5) is 0 Å². The van der Waals surface area contributed by atoms with Gasteiger partial charge in [0.05, 0.1) is 5.56 Å². The van der Waals surface area contributed by atoms with E-state index >= 15 is 0 Å². The van der Waals surface area contributed by atoms with E-state index in [9.17, 15) is 14.4 Å². The molecule has 0 aliphatic carbocycles. The van der Waals surface area contributed by atoms with Crippen molar-refractivity contribution >= 4 is 24.0 Å². The lowest BCUT2D eigenvalue weighted by molar-refractivity contribution is -0.132. The number of benzene rings is 1. The third kappa shape index (κ3) is 15.6. The zero-order valence-corrected chi connectivity index (χ0v) is 22.3. The van der Waals surface area contributed by atoms with Crippen molar-refractivity contribution in [2.24, 2.45) is 0 Å². The Morgan fingerprint density at radius 3 is 1.27 bits per heavy atom. The third-order valence-electron chi connectivity index (χ3n) is 4.56. The van der Waals surface area contributed by atoms with E-state index in [0.29, 0.717) is 12.0 Å². The molecule has 0 aliphatic rings. The largest absolute Gasteiger partial charge is 0.426 e. The Morgan fingerprint density at radius 1 is 0.568 bits per heavy atom. The average Bonchev–Trinajstić information content (AvgIpc) is 2.81. The first kappa shape index (κ1) is 31.1. The van der Waals surface area contributed by atoms with Gasteiger partial charge in [-0.1, -0.05) is 79.8 Å². The van der Waals surface area contributed by atoms with Gasteiger partial charge in [-0.2, -0.15) is 0 Å². The molecule has 0 fully saturated rings. The fourth-order valence-electron chi connectivity index (χ4n) is 3.06. The highest BCUT2D eigenvalue weighted by Crippen LogP contribution is 2.36. The van der Waals surface area contributed by atoms with Gasteiger partial charge < -0.3 is 14.2 Å². The summed E-state index contributed by atoms with van der Waals surface area (Å²) in [6, 6.07) is 2.82. The molecule has 0 bridgehead atoms. The van der Waals surface area contributed by atoms with Crippen LogP contribution in [0.5, 0.6) is 17.2 Å². The van der Waals surface area contributed by atoms with Gasteiger partial charge in [0, 0.05) is 32.9 Å². The van der Waals surface area contributed by atoms with E-state index in [0.717, 1.165) is 32.1 Å². The number of allylic oxidation sites excluding steroid dienone is 11. The van der Waals surface area contributed by atoms with Crippen LogP contribution in [-0.4, -0.2) is 17.9 Å². The summed E-state index contributed by atoms with van der Waals surface area (Å²) in [5, 5.41) is 0. The quantitative estimate of drug-likeness (QED) is 0.138. The van der Waals surface area contributed by atoms with Crippen LogP contribution in [0, 0.1) is 0 Å². The van der Waals surface area contributed by atoms with Crippen LogP contribution in [0.1, 0.15) is 71.8 Å². The minimum absolute atomic E-state index is 0.106. The van der Waals surface area contributed by atoms with Crippen LogP contribution in [0.2, 0.25) is 0 Å². The van der Waals surface area contributed by atoms with Gasteiger partial charge in [-0.3, -0.25) is 14.4 Å². The summed E-state index contributed by atoms with van der Waals surface area (Å²) < 4.78 is 15.6. The second kappa shape index (κ2) is 19.3. The average molecular weight is 507 g/mol. The third-order valence-corrected chi connectivity index (χ3v) is 4.56. The monoisotopic (exact) mass is 506 g/mol. The Labute approximate surface area is 220 Å². The molecule has 1 aromatic carbocycles. The summed E-state index contributed by atoms with van der Waals surface area (Å²) in [5.41, 5.74) is 0.397. The van der Waals surface area contributed by atoms with Crippen LogP contribution in [0.15, 0.2) is 79.0 Å². The van der Waals surface area contributed by atoms with Crippen molar-refractivity contribution in [3.8, 4) is 17.2 Å². The number of hydrogen-bond acceptors (Lipinski definition) is 6. The first-order valence-electron chi connectivity index (χ1n) is 12.5. The summed E-state index contributed by atoms with van der Waals surface area (Å²) >= 11 is 0. The molecule has 0 aliphatic heterocycles. The summed E-state index contributed by atoms with van der Waals surface area (Å²) in [6.45, 7) is 5.89. The minimum atomic E-state index is -0.554. The Morgan fingerprint density at radius 2 is 0.919 bits per heavy atom. The molecule has 37 heavy (non-hydrogen) atoms. The van der Waals surface area contributed by atoms with E-state index in [4.69, 9.17) is 14.2 Å². The molecule has 0 amide bonds. The normalized spacial score (nSPS) is 12.1. The first-order chi connectivity index (χ1) is 17.8. The van der Waals surface area contributed by atoms with Gasteiger partial charge in [-0.05, 0) is 38.5 Å². The van der Waals surface area contributed by atoms with E-state index in [1.165, 1.54) is 32.9 Å². The molecule has 198 valence electrons. The number of esters is 3. The molecule has 1 rings (SSSR count). The Balaban J connectivity index is 2.64. The van der Waals surface area contributed by atoms with Gasteiger partial charge in [-0.15, -0.1) is 0 Å². The Bertz CT molecular complexity index is 1020. The predicted molar refractivity (Wildman–Crippen MR) is 148 cm³/mol. The first-order valence-corrected chi connectivity index (χ1v) is 12.5.